The molecule has 1 atom stereocenters. The van der Waals surface area contributed by atoms with Gasteiger partial charge in [-0.15, -0.1) is 0 Å². The molecule has 1 aliphatic carbocycles. The highest BCUT2D eigenvalue weighted by molar-refractivity contribution is 9.10. The standard InChI is InChI=1S/C11H18BrN3/c1-11(2)6-4-3-5-9(11)15-10(13)8(12)7-14-15/h7,9H,3-6,13H2,1-2H3. The number of hydrogen-bond acceptors (Lipinski definition) is 2. The van der Waals surface area contributed by atoms with Crippen LogP contribution in [0.25, 0.3) is 0 Å². The van der Waals surface area contributed by atoms with E-state index in [0.717, 1.165) is 10.3 Å². The average Bonchev–Trinajstić information content (AvgIpc) is 2.48. The SMILES string of the molecule is CC1(C)CCCCC1n1ncc(Br)c1N. The molecule has 1 heterocycles. The van der Waals surface area contributed by atoms with Crippen molar-refractivity contribution in [3.8, 4) is 0 Å². The summed E-state index contributed by atoms with van der Waals surface area (Å²) in [6.07, 6.45) is 6.84. The van der Waals surface area contributed by atoms with Crippen LogP contribution in [0.15, 0.2) is 10.7 Å². The van der Waals surface area contributed by atoms with Gasteiger partial charge in [0.2, 0.25) is 0 Å². The molecule has 2 rings (SSSR count). The Labute approximate surface area is 99.2 Å². The van der Waals surface area contributed by atoms with E-state index in [1.807, 2.05) is 4.68 Å². The second kappa shape index (κ2) is 3.81. The third-order valence-electron chi connectivity index (χ3n) is 3.53. The van der Waals surface area contributed by atoms with Crippen LogP contribution < -0.4 is 5.73 Å². The largest absolute Gasteiger partial charge is 0.383 e. The maximum atomic E-state index is 6.01. The predicted molar refractivity (Wildman–Crippen MR) is 65.6 cm³/mol. The summed E-state index contributed by atoms with van der Waals surface area (Å²) < 4.78 is 2.90. The molecule has 0 amide bonds. The molecular formula is C11H18BrN3. The van der Waals surface area contributed by atoms with Gasteiger partial charge in [0.05, 0.1) is 16.7 Å². The predicted octanol–water partition coefficient (Wildman–Crippen LogP) is 3.37. The van der Waals surface area contributed by atoms with Crippen molar-refractivity contribution in [2.45, 2.75) is 45.6 Å². The molecule has 1 aromatic rings. The Bertz CT molecular complexity index is 357. The molecular weight excluding hydrogens is 254 g/mol. The molecule has 0 aliphatic heterocycles. The molecule has 0 radical (unpaired) electrons. The molecule has 0 bridgehead atoms. The second-order valence-electron chi connectivity index (χ2n) is 5.07. The van der Waals surface area contributed by atoms with Crippen molar-refractivity contribution in [1.82, 2.24) is 9.78 Å². The van der Waals surface area contributed by atoms with Crippen LogP contribution in [0.1, 0.15) is 45.6 Å². The summed E-state index contributed by atoms with van der Waals surface area (Å²) in [6, 6.07) is 0.442. The summed E-state index contributed by atoms with van der Waals surface area (Å²) in [6.45, 7) is 4.62. The lowest BCUT2D eigenvalue weighted by Gasteiger charge is -2.39. The molecule has 2 N–H and O–H groups in total. The van der Waals surface area contributed by atoms with Crippen LogP contribution in [0, 0.1) is 5.41 Å². The van der Waals surface area contributed by atoms with E-state index in [4.69, 9.17) is 5.73 Å². The van der Waals surface area contributed by atoms with Gasteiger partial charge in [0, 0.05) is 0 Å². The van der Waals surface area contributed by atoms with Crippen LogP contribution in [0.4, 0.5) is 5.82 Å². The number of nitrogens with zero attached hydrogens (tertiary/aromatic N) is 2. The Morgan fingerprint density at radius 1 is 1.53 bits per heavy atom. The van der Waals surface area contributed by atoms with Crippen LogP contribution >= 0.6 is 15.9 Å². The maximum Gasteiger partial charge on any atom is 0.136 e. The normalized spacial score (nSPS) is 25.4. The first kappa shape index (κ1) is 11.0. The third-order valence-corrected chi connectivity index (χ3v) is 4.14. The fourth-order valence-corrected chi connectivity index (χ4v) is 2.80. The molecule has 4 heteroatoms. The summed E-state index contributed by atoms with van der Waals surface area (Å²) in [7, 11) is 0. The van der Waals surface area contributed by atoms with Gasteiger partial charge in [-0.25, -0.2) is 4.68 Å². The van der Waals surface area contributed by atoms with E-state index in [1.54, 1.807) is 6.20 Å². The zero-order chi connectivity index (χ0) is 11.1. The van der Waals surface area contributed by atoms with Crippen molar-refractivity contribution >= 4 is 21.7 Å². The highest BCUT2D eigenvalue weighted by atomic mass is 79.9. The number of nitrogen functional groups attached to an aromatic ring is 1. The zero-order valence-electron chi connectivity index (χ0n) is 9.33. The molecule has 1 fully saturated rings. The molecule has 0 aromatic carbocycles. The molecule has 3 nitrogen and oxygen atoms in total. The zero-order valence-corrected chi connectivity index (χ0v) is 10.9. The molecule has 1 aliphatic rings. The number of hydrogen-bond donors (Lipinski definition) is 1. The minimum Gasteiger partial charge on any atom is -0.383 e. The van der Waals surface area contributed by atoms with Crippen LogP contribution in [-0.4, -0.2) is 9.78 Å². The number of halogens is 1. The molecule has 0 saturated heterocycles. The summed E-state index contributed by atoms with van der Waals surface area (Å²) in [5.41, 5.74) is 6.31. The average molecular weight is 272 g/mol. The topological polar surface area (TPSA) is 43.8 Å². The fraction of sp³-hybridized carbons (Fsp3) is 0.727. The van der Waals surface area contributed by atoms with Gasteiger partial charge < -0.3 is 5.73 Å². The number of rotatable bonds is 1. The molecule has 1 unspecified atom stereocenters. The van der Waals surface area contributed by atoms with Crippen LogP contribution in [0.3, 0.4) is 0 Å². The maximum absolute atomic E-state index is 6.01. The first-order valence-electron chi connectivity index (χ1n) is 5.51. The Balaban J connectivity index is 2.33. The van der Waals surface area contributed by atoms with Crippen LogP contribution in [0.2, 0.25) is 0 Å². The Morgan fingerprint density at radius 2 is 2.27 bits per heavy atom. The van der Waals surface area contributed by atoms with E-state index in [1.165, 1.54) is 25.7 Å². The highest BCUT2D eigenvalue weighted by Crippen LogP contribution is 2.44. The van der Waals surface area contributed by atoms with Crippen molar-refractivity contribution in [1.29, 1.82) is 0 Å². The monoisotopic (exact) mass is 271 g/mol. The van der Waals surface area contributed by atoms with E-state index >= 15 is 0 Å². The van der Waals surface area contributed by atoms with Gasteiger partial charge in [0.1, 0.15) is 5.82 Å². The minimum atomic E-state index is 0.303. The molecule has 84 valence electrons. The van der Waals surface area contributed by atoms with Gasteiger partial charge in [-0.2, -0.15) is 5.10 Å². The van der Waals surface area contributed by atoms with E-state index in [0.29, 0.717) is 11.5 Å². The highest BCUT2D eigenvalue weighted by Gasteiger charge is 2.35. The van der Waals surface area contributed by atoms with Gasteiger partial charge in [-0.3, -0.25) is 0 Å². The first-order chi connectivity index (χ1) is 7.02. The molecule has 1 aromatic heterocycles. The third kappa shape index (κ3) is 1.92. The summed E-state index contributed by atoms with van der Waals surface area (Å²) in [5, 5.41) is 4.38. The smallest absolute Gasteiger partial charge is 0.136 e. The second-order valence-corrected chi connectivity index (χ2v) is 5.93. The lowest BCUT2D eigenvalue weighted by molar-refractivity contribution is 0.135. The summed E-state index contributed by atoms with van der Waals surface area (Å²) in [4.78, 5) is 0. The van der Waals surface area contributed by atoms with Crippen molar-refractivity contribution in [2.75, 3.05) is 5.73 Å². The molecule has 0 spiro atoms. The van der Waals surface area contributed by atoms with Crippen LogP contribution in [-0.2, 0) is 0 Å². The lowest BCUT2D eigenvalue weighted by Crippen LogP contribution is -2.31. The van der Waals surface area contributed by atoms with Gasteiger partial charge in [0.15, 0.2) is 0 Å². The summed E-state index contributed by atoms with van der Waals surface area (Å²) in [5.74, 6) is 0.759. The lowest BCUT2D eigenvalue weighted by atomic mass is 9.73. The van der Waals surface area contributed by atoms with Gasteiger partial charge in [-0.1, -0.05) is 26.7 Å². The van der Waals surface area contributed by atoms with Gasteiger partial charge in [-0.05, 0) is 34.2 Å². The number of anilines is 1. The fourth-order valence-electron chi connectivity index (χ4n) is 2.53. The number of aromatic nitrogens is 2. The van der Waals surface area contributed by atoms with E-state index in [2.05, 4.69) is 34.9 Å². The Morgan fingerprint density at radius 3 is 2.80 bits per heavy atom. The first-order valence-corrected chi connectivity index (χ1v) is 6.30. The van der Waals surface area contributed by atoms with Crippen molar-refractivity contribution < 1.29 is 0 Å². The van der Waals surface area contributed by atoms with Gasteiger partial charge in [0.25, 0.3) is 0 Å². The van der Waals surface area contributed by atoms with E-state index in [9.17, 15) is 0 Å². The van der Waals surface area contributed by atoms with Crippen molar-refractivity contribution in [3.05, 3.63) is 10.7 Å². The van der Waals surface area contributed by atoms with Gasteiger partial charge >= 0.3 is 0 Å². The van der Waals surface area contributed by atoms with Crippen LogP contribution in [0.5, 0.6) is 0 Å². The molecule has 1 saturated carbocycles. The summed E-state index contributed by atoms with van der Waals surface area (Å²) >= 11 is 3.41. The van der Waals surface area contributed by atoms with Crippen molar-refractivity contribution in [3.63, 3.8) is 0 Å². The van der Waals surface area contributed by atoms with Crippen molar-refractivity contribution in [2.24, 2.45) is 5.41 Å². The van der Waals surface area contributed by atoms with E-state index < -0.39 is 0 Å². The Hall–Kier alpha value is -0.510. The quantitative estimate of drug-likeness (QED) is 0.851. The van der Waals surface area contributed by atoms with E-state index in [-0.39, 0.29) is 0 Å². The number of nitrogens with two attached hydrogens (primary N) is 1. The minimum absolute atomic E-state index is 0.303. The Kier molecular flexibility index (Phi) is 2.79. The molecule has 15 heavy (non-hydrogen) atoms.